The van der Waals surface area contributed by atoms with E-state index in [2.05, 4.69) is 36.5 Å². The summed E-state index contributed by atoms with van der Waals surface area (Å²) in [5.41, 5.74) is 4.23. The van der Waals surface area contributed by atoms with Crippen molar-refractivity contribution in [3.8, 4) is 0 Å². The van der Waals surface area contributed by atoms with Gasteiger partial charge in [0.2, 0.25) is 11.8 Å². The van der Waals surface area contributed by atoms with Crippen LogP contribution in [0, 0.1) is 13.8 Å². The zero-order valence-corrected chi connectivity index (χ0v) is 16.8. The number of hydrogen-bond acceptors (Lipinski definition) is 3. The van der Waals surface area contributed by atoms with Crippen molar-refractivity contribution < 1.29 is 9.59 Å². The Morgan fingerprint density at radius 1 is 0.926 bits per heavy atom. The second-order valence-electron chi connectivity index (χ2n) is 7.19. The number of benzene rings is 2. The maximum Gasteiger partial charge on any atom is 0.243 e. The molecule has 144 valence electrons. The molecule has 0 aliphatic rings. The van der Waals surface area contributed by atoms with Gasteiger partial charge in [0.1, 0.15) is 0 Å². The Morgan fingerprint density at radius 3 is 2.00 bits per heavy atom. The Kier molecular flexibility index (Phi) is 7.13. The van der Waals surface area contributed by atoms with E-state index in [0.717, 1.165) is 16.8 Å². The number of nitrogens with one attached hydrogen (secondary N) is 1. The summed E-state index contributed by atoms with van der Waals surface area (Å²) in [4.78, 5) is 28.3. The van der Waals surface area contributed by atoms with Crippen molar-refractivity contribution in [3.05, 3.63) is 65.2 Å². The Morgan fingerprint density at radius 2 is 1.44 bits per heavy atom. The van der Waals surface area contributed by atoms with E-state index in [9.17, 15) is 9.59 Å². The van der Waals surface area contributed by atoms with E-state index < -0.39 is 0 Å². The van der Waals surface area contributed by atoms with Crippen LogP contribution in [-0.4, -0.2) is 48.3 Å². The predicted molar refractivity (Wildman–Crippen MR) is 110 cm³/mol. The number of aryl methyl sites for hydroxylation is 2. The van der Waals surface area contributed by atoms with Gasteiger partial charge in [-0.1, -0.05) is 47.5 Å². The molecule has 0 heterocycles. The molecule has 5 heteroatoms. The summed E-state index contributed by atoms with van der Waals surface area (Å²) in [6.45, 7) is 6.61. The van der Waals surface area contributed by atoms with Gasteiger partial charge in [0.05, 0.1) is 12.6 Å². The van der Waals surface area contributed by atoms with Crippen molar-refractivity contribution in [1.82, 2.24) is 9.80 Å². The topological polar surface area (TPSA) is 52.7 Å². The molecule has 2 rings (SSSR count). The van der Waals surface area contributed by atoms with Crippen molar-refractivity contribution in [2.75, 3.05) is 26.0 Å². The fraction of sp³-hybridized carbons (Fsp3) is 0.364. The van der Waals surface area contributed by atoms with Crippen LogP contribution in [0.15, 0.2) is 48.5 Å². The highest BCUT2D eigenvalue weighted by Gasteiger charge is 2.23. The average molecular weight is 367 g/mol. The largest absolute Gasteiger partial charge is 0.335 e. The molecule has 0 aromatic heterocycles. The molecular weight excluding hydrogens is 338 g/mol. The van der Waals surface area contributed by atoms with Gasteiger partial charge < -0.3 is 10.2 Å². The van der Waals surface area contributed by atoms with E-state index in [-0.39, 0.29) is 24.4 Å². The lowest BCUT2D eigenvalue weighted by Gasteiger charge is -2.28. The van der Waals surface area contributed by atoms with Crippen LogP contribution in [0.5, 0.6) is 0 Å². The van der Waals surface area contributed by atoms with Crippen LogP contribution in [0.25, 0.3) is 0 Å². The number of rotatable bonds is 7. The first-order valence-electron chi connectivity index (χ1n) is 9.13. The minimum absolute atomic E-state index is 0.0232. The Labute approximate surface area is 162 Å². The van der Waals surface area contributed by atoms with Crippen molar-refractivity contribution in [2.45, 2.75) is 33.4 Å². The molecule has 2 aromatic carbocycles. The van der Waals surface area contributed by atoms with Gasteiger partial charge in [-0.05, 0) is 45.5 Å². The molecule has 0 bridgehead atoms. The van der Waals surface area contributed by atoms with Crippen LogP contribution in [0.2, 0.25) is 0 Å². The number of amides is 2. The Balaban J connectivity index is 1.87. The zero-order chi connectivity index (χ0) is 20.0. The van der Waals surface area contributed by atoms with Gasteiger partial charge in [-0.3, -0.25) is 14.5 Å². The molecule has 0 radical (unpaired) electrons. The van der Waals surface area contributed by atoms with E-state index in [1.807, 2.05) is 50.1 Å². The highest BCUT2D eigenvalue weighted by atomic mass is 16.2. The van der Waals surface area contributed by atoms with E-state index >= 15 is 0 Å². The van der Waals surface area contributed by atoms with Gasteiger partial charge in [-0.15, -0.1) is 0 Å². The van der Waals surface area contributed by atoms with E-state index in [4.69, 9.17) is 0 Å². The lowest BCUT2D eigenvalue weighted by atomic mass is 10.1. The maximum absolute atomic E-state index is 12.7. The van der Waals surface area contributed by atoms with Gasteiger partial charge in [0.25, 0.3) is 0 Å². The van der Waals surface area contributed by atoms with Crippen molar-refractivity contribution in [1.29, 1.82) is 0 Å². The normalized spacial score (nSPS) is 11.9. The molecular formula is C22H29N3O2. The molecule has 0 saturated heterocycles. The van der Waals surface area contributed by atoms with E-state index in [1.54, 1.807) is 7.05 Å². The SMILES string of the molecule is Cc1ccc(CN(C)[C@H](C)C(=O)N(C)CC(=O)Nc2ccc(C)cc2)cc1. The van der Waals surface area contributed by atoms with Crippen molar-refractivity contribution in [2.24, 2.45) is 0 Å². The Bertz CT molecular complexity index is 769. The van der Waals surface area contributed by atoms with Crippen LogP contribution in [0.1, 0.15) is 23.6 Å². The molecule has 5 nitrogen and oxygen atoms in total. The fourth-order valence-corrected chi connectivity index (χ4v) is 2.76. The lowest BCUT2D eigenvalue weighted by Crippen LogP contribution is -2.46. The minimum atomic E-state index is -0.316. The van der Waals surface area contributed by atoms with Gasteiger partial charge in [0.15, 0.2) is 0 Å². The molecule has 27 heavy (non-hydrogen) atoms. The maximum atomic E-state index is 12.7. The molecule has 0 aliphatic carbocycles. The van der Waals surface area contributed by atoms with Crippen LogP contribution in [0.3, 0.4) is 0 Å². The molecule has 1 atom stereocenters. The summed E-state index contributed by atoms with van der Waals surface area (Å²) in [5.74, 6) is -0.285. The summed E-state index contributed by atoms with van der Waals surface area (Å²) in [5, 5.41) is 2.82. The smallest absolute Gasteiger partial charge is 0.243 e. The third kappa shape index (κ3) is 6.22. The number of hydrogen-bond donors (Lipinski definition) is 1. The average Bonchev–Trinajstić information content (AvgIpc) is 2.64. The fourth-order valence-electron chi connectivity index (χ4n) is 2.76. The van der Waals surface area contributed by atoms with Gasteiger partial charge in [-0.2, -0.15) is 0 Å². The van der Waals surface area contributed by atoms with Crippen LogP contribution < -0.4 is 5.32 Å². The summed E-state index contributed by atoms with van der Waals surface area (Å²) < 4.78 is 0. The molecule has 2 aromatic rings. The first-order chi connectivity index (χ1) is 12.8. The quantitative estimate of drug-likeness (QED) is 0.817. The highest BCUT2D eigenvalue weighted by molar-refractivity contribution is 5.95. The number of carbonyl (C=O) groups is 2. The molecule has 0 spiro atoms. The molecule has 0 saturated carbocycles. The third-order valence-electron chi connectivity index (χ3n) is 4.66. The number of likely N-dealkylation sites (N-methyl/N-ethyl adjacent to an activating group) is 2. The van der Waals surface area contributed by atoms with E-state index in [0.29, 0.717) is 6.54 Å². The summed E-state index contributed by atoms with van der Waals surface area (Å²) in [6, 6.07) is 15.5. The molecule has 2 amide bonds. The highest BCUT2D eigenvalue weighted by Crippen LogP contribution is 2.11. The van der Waals surface area contributed by atoms with Crippen LogP contribution in [0.4, 0.5) is 5.69 Å². The van der Waals surface area contributed by atoms with Crippen molar-refractivity contribution in [3.63, 3.8) is 0 Å². The van der Waals surface area contributed by atoms with Crippen LogP contribution >= 0.6 is 0 Å². The summed E-state index contributed by atoms with van der Waals surface area (Å²) >= 11 is 0. The number of carbonyl (C=O) groups excluding carboxylic acids is 2. The number of nitrogens with zero attached hydrogens (tertiary/aromatic N) is 2. The standard InChI is InChI=1S/C22H29N3O2/c1-16-6-10-19(11-7-16)14-24(4)18(3)22(27)25(5)15-21(26)23-20-12-8-17(2)9-13-20/h6-13,18H,14-15H2,1-5H3,(H,23,26)/t18-/m1/s1. The number of anilines is 1. The van der Waals surface area contributed by atoms with Crippen molar-refractivity contribution >= 4 is 17.5 Å². The zero-order valence-electron chi connectivity index (χ0n) is 16.8. The molecule has 1 N–H and O–H groups in total. The molecule has 0 fully saturated rings. The third-order valence-corrected chi connectivity index (χ3v) is 4.66. The van der Waals surface area contributed by atoms with Gasteiger partial charge >= 0.3 is 0 Å². The summed E-state index contributed by atoms with van der Waals surface area (Å²) in [6.07, 6.45) is 0. The van der Waals surface area contributed by atoms with Gasteiger partial charge in [-0.25, -0.2) is 0 Å². The molecule has 0 unspecified atom stereocenters. The lowest BCUT2D eigenvalue weighted by molar-refractivity contribution is -0.137. The minimum Gasteiger partial charge on any atom is -0.335 e. The first-order valence-corrected chi connectivity index (χ1v) is 9.13. The second-order valence-corrected chi connectivity index (χ2v) is 7.19. The van der Waals surface area contributed by atoms with Gasteiger partial charge in [0, 0.05) is 19.3 Å². The Hall–Kier alpha value is -2.66. The van der Waals surface area contributed by atoms with Crippen LogP contribution in [-0.2, 0) is 16.1 Å². The van der Waals surface area contributed by atoms with E-state index in [1.165, 1.54) is 10.5 Å². The monoisotopic (exact) mass is 367 g/mol. The predicted octanol–water partition coefficient (Wildman–Crippen LogP) is 3.22. The second kappa shape index (κ2) is 9.33. The molecule has 0 aliphatic heterocycles. The summed E-state index contributed by atoms with van der Waals surface area (Å²) in [7, 11) is 3.58. The first kappa shape index (κ1) is 20.6.